The summed E-state index contributed by atoms with van der Waals surface area (Å²) in [5, 5.41) is 6.37. The number of carbonyl (C=O) groups is 1. The second-order valence-electron chi connectivity index (χ2n) is 3.65. The third kappa shape index (κ3) is 2.08. The average molecular weight is 282 g/mol. The highest BCUT2D eigenvalue weighted by Gasteiger charge is 2.28. The fourth-order valence-electron chi connectivity index (χ4n) is 1.70. The van der Waals surface area contributed by atoms with E-state index in [1.54, 1.807) is 23.1 Å². The Hall–Kier alpha value is -0.970. The number of hydrogen-bond acceptors (Lipinski definition) is 3. The molecule has 0 radical (unpaired) electrons. The van der Waals surface area contributed by atoms with Gasteiger partial charge in [0.25, 0.3) is 0 Å². The fourth-order valence-corrected chi connectivity index (χ4v) is 3.90. The number of carbonyl (C=O) groups excluding carboxylic acids is 1. The van der Waals surface area contributed by atoms with Crippen molar-refractivity contribution in [3.63, 3.8) is 0 Å². The largest absolute Gasteiger partial charge is 0.315 e. The minimum atomic E-state index is -0.186. The van der Waals surface area contributed by atoms with E-state index in [2.05, 4.69) is 5.32 Å². The summed E-state index contributed by atoms with van der Waals surface area (Å²) in [6.45, 7) is 0. The molecule has 2 heterocycles. The third-order valence-electron chi connectivity index (χ3n) is 2.52. The van der Waals surface area contributed by atoms with E-state index in [1.807, 2.05) is 35.7 Å². The third-order valence-corrected chi connectivity index (χ3v) is 5.05. The van der Waals surface area contributed by atoms with E-state index >= 15 is 0 Å². The Kier molecular flexibility index (Phi) is 2.86. The zero-order chi connectivity index (χ0) is 11.8. The molecule has 1 aromatic carbocycles. The van der Waals surface area contributed by atoms with Crippen LogP contribution in [0.3, 0.4) is 0 Å². The van der Waals surface area contributed by atoms with Gasteiger partial charge in [0.1, 0.15) is 10.3 Å². The highest BCUT2D eigenvalue weighted by molar-refractivity contribution is 8.00. The summed E-state index contributed by atoms with van der Waals surface area (Å²) in [6, 6.07) is 9.46. The lowest BCUT2D eigenvalue weighted by molar-refractivity contribution is -0.115. The molecule has 2 nitrogen and oxygen atoms in total. The highest BCUT2D eigenvalue weighted by atomic mass is 35.5. The van der Waals surface area contributed by atoms with Crippen LogP contribution in [0.4, 0.5) is 5.00 Å². The monoisotopic (exact) mass is 281 g/mol. The van der Waals surface area contributed by atoms with E-state index in [0.29, 0.717) is 5.02 Å². The van der Waals surface area contributed by atoms with E-state index in [1.165, 1.54) is 0 Å². The first-order valence-electron chi connectivity index (χ1n) is 5.04. The van der Waals surface area contributed by atoms with Crippen molar-refractivity contribution >= 4 is 45.6 Å². The lowest BCUT2D eigenvalue weighted by atomic mass is 10.1. The zero-order valence-corrected chi connectivity index (χ0v) is 11.0. The Labute approximate surface area is 112 Å². The smallest absolute Gasteiger partial charge is 0.243 e. The van der Waals surface area contributed by atoms with Crippen LogP contribution in [0.15, 0.2) is 40.6 Å². The highest BCUT2D eigenvalue weighted by Crippen LogP contribution is 2.46. The molecule has 5 heteroatoms. The van der Waals surface area contributed by atoms with Crippen molar-refractivity contribution in [1.29, 1.82) is 0 Å². The van der Waals surface area contributed by atoms with Crippen LogP contribution in [0.25, 0.3) is 0 Å². The van der Waals surface area contributed by atoms with Crippen LogP contribution >= 0.6 is 34.7 Å². The molecule has 1 N–H and O–H groups in total. The second kappa shape index (κ2) is 4.37. The maximum atomic E-state index is 12.0. The van der Waals surface area contributed by atoms with Crippen molar-refractivity contribution in [2.45, 2.75) is 10.1 Å². The van der Waals surface area contributed by atoms with Crippen LogP contribution < -0.4 is 5.32 Å². The van der Waals surface area contributed by atoms with Gasteiger partial charge in [-0.3, -0.25) is 4.79 Å². The Morgan fingerprint density at radius 2 is 1.94 bits per heavy atom. The number of benzene rings is 1. The SMILES string of the molecule is O=C1Nc2sccc2SC1c1ccc(Cl)cc1. The number of nitrogens with one attached hydrogen (secondary N) is 1. The number of hydrogen-bond donors (Lipinski definition) is 1. The summed E-state index contributed by atoms with van der Waals surface area (Å²) >= 11 is 8.99. The lowest BCUT2D eigenvalue weighted by Crippen LogP contribution is -2.21. The number of thiophene rings is 1. The van der Waals surface area contributed by atoms with Gasteiger partial charge < -0.3 is 5.32 Å². The van der Waals surface area contributed by atoms with E-state index in [9.17, 15) is 4.79 Å². The molecule has 17 heavy (non-hydrogen) atoms. The normalized spacial score (nSPS) is 18.6. The predicted octanol–water partition coefficient (Wildman–Crippen LogP) is 4.19. The fraction of sp³-hybridized carbons (Fsp3) is 0.0833. The topological polar surface area (TPSA) is 29.1 Å². The molecule has 86 valence electrons. The second-order valence-corrected chi connectivity index (χ2v) is 6.15. The van der Waals surface area contributed by atoms with Gasteiger partial charge in [0.2, 0.25) is 5.91 Å². The van der Waals surface area contributed by atoms with E-state index in [-0.39, 0.29) is 11.2 Å². The molecule has 1 aliphatic heterocycles. The predicted molar refractivity (Wildman–Crippen MR) is 73.0 cm³/mol. The minimum absolute atomic E-state index is 0.0345. The molecule has 0 saturated heterocycles. The maximum absolute atomic E-state index is 12.0. The van der Waals surface area contributed by atoms with Crippen molar-refractivity contribution < 1.29 is 4.79 Å². The van der Waals surface area contributed by atoms with Gasteiger partial charge in [0.15, 0.2) is 0 Å². The quantitative estimate of drug-likeness (QED) is 0.849. The molecule has 0 spiro atoms. The molecular formula is C12H8ClNOS2. The summed E-state index contributed by atoms with van der Waals surface area (Å²) < 4.78 is 0. The summed E-state index contributed by atoms with van der Waals surface area (Å²) in [6.07, 6.45) is 0. The van der Waals surface area contributed by atoms with Crippen molar-refractivity contribution in [1.82, 2.24) is 0 Å². The standard InChI is InChI=1S/C12H8ClNOS2/c13-8-3-1-7(2-4-8)10-11(15)14-12-9(17-10)5-6-16-12/h1-6,10H,(H,14,15). The van der Waals surface area contributed by atoms with Crippen LogP contribution in [-0.4, -0.2) is 5.91 Å². The van der Waals surface area contributed by atoms with Crippen molar-refractivity contribution in [2.75, 3.05) is 5.32 Å². The van der Waals surface area contributed by atoms with Crippen molar-refractivity contribution in [2.24, 2.45) is 0 Å². The number of fused-ring (bicyclic) bond motifs is 1. The van der Waals surface area contributed by atoms with Crippen LogP contribution in [0.1, 0.15) is 10.8 Å². The molecule has 0 bridgehead atoms. The molecule has 0 aliphatic carbocycles. The van der Waals surface area contributed by atoms with Gasteiger partial charge in [-0.25, -0.2) is 0 Å². The first kappa shape index (κ1) is 11.1. The van der Waals surface area contributed by atoms with Crippen molar-refractivity contribution in [3.05, 3.63) is 46.3 Å². The van der Waals surface area contributed by atoms with Crippen LogP contribution in [0.5, 0.6) is 0 Å². The van der Waals surface area contributed by atoms with Crippen LogP contribution in [0.2, 0.25) is 5.02 Å². The molecule has 3 rings (SSSR count). The van der Waals surface area contributed by atoms with Gasteiger partial charge >= 0.3 is 0 Å². The summed E-state index contributed by atoms with van der Waals surface area (Å²) in [4.78, 5) is 13.1. The minimum Gasteiger partial charge on any atom is -0.315 e. The molecule has 1 unspecified atom stereocenters. The van der Waals surface area contributed by atoms with Crippen molar-refractivity contribution in [3.8, 4) is 0 Å². The van der Waals surface area contributed by atoms with Gasteiger partial charge in [0, 0.05) is 9.92 Å². The molecule has 1 amide bonds. The average Bonchev–Trinajstić information content (AvgIpc) is 2.76. The molecular weight excluding hydrogens is 274 g/mol. The lowest BCUT2D eigenvalue weighted by Gasteiger charge is -2.21. The number of anilines is 1. The van der Waals surface area contributed by atoms with Gasteiger partial charge in [-0.2, -0.15) is 0 Å². The first-order valence-corrected chi connectivity index (χ1v) is 7.18. The van der Waals surface area contributed by atoms with Crippen LogP contribution in [0, 0.1) is 0 Å². The number of rotatable bonds is 1. The molecule has 2 aromatic rings. The molecule has 0 saturated carbocycles. The maximum Gasteiger partial charge on any atom is 0.243 e. The van der Waals surface area contributed by atoms with Crippen LogP contribution in [-0.2, 0) is 4.79 Å². The molecule has 0 fully saturated rings. The zero-order valence-electron chi connectivity index (χ0n) is 8.64. The molecule has 1 aliphatic rings. The Morgan fingerprint density at radius 1 is 1.18 bits per heavy atom. The van der Waals surface area contributed by atoms with E-state index in [0.717, 1.165) is 15.5 Å². The summed E-state index contributed by atoms with van der Waals surface area (Å²) in [5.41, 5.74) is 0.980. The van der Waals surface area contributed by atoms with Gasteiger partial charge in [-0.15, -0.1) is 23.1 Å². The Bertz CT molecular complexity index is 564. The van der Waals surface area contributed by atoms with Gasteiger partial charge in [-0.05, 0) is 29.1 Å². The Morgan fingerprint density at radius 3 is 2.71 bits per heavy atom. The van der Waals surface area contributed by atoms with E-state index < -0.39 is 0 Å². The summed E-state index contributed by atoms with van der Waals surface area (Å²) in [7, 11) is 0. The number of halogens is 1. The first-order chi connectivity index (χ1) is 8.24. The molecule has 1 aromatic heterocycles. The van der Waals surface area contributed by atoms with Gasteiger partial charge in [0.05, 0.1) is 0 Å². The summed E-state index contributed by atoms with van der Waals surface area (Å²) in [5.74, 6) is 0.0345. The van der Waals surface area contributed by atoms with Gasteiger partial charge in [-0.1, -0.05) is 23.7 Å². The van der Waals surface area contributed by atoms with E-state index in [4.69, 9.17) is 11.6 Å². The molecule has 1 atom stereocenters. The number of thioether (sulfide) groups is 1. The Balaban J connectivity index is 1.95. The number of amides is 1.